The van der Waals surface area contributed by atoms with Crippen LogP contribution >= 0.6 is 11.8 Å². The number of rotatable bonds is 3. The Morgan fingerprint density at radius 1 is 1.38 bits per heavy atom. The number of nitrogens with zero attached hydrogens (tertiary/aromatic N) is 2. The van der Waals surface area contributed by atoms with Crippen LogP contribution in [0.25, 0.3) is 0 Å². The van der Waals surface area contributed by atoms with Crippen LogP contribution in [0.3, 0.4) is 0 Å². The lowest BCUT2D eigenvalue weighted by Gasteiger charge is -2.29. The van der Waals surface area contributed by atoms with Gasteiger partial charge in [-0.05, 0) is 32.0 Å². The lowest BCUT2D eigenvalue weighted by atomic mass is 10.2. The fraction of sp³-hybridized carbons (Fsp3) is 0.438. The summed E-state index contributed by atoms with van der Waals surface area (Å²) in [5.41, 5.74) is 2.44. The van der Waals surface area contributed by atoms with Crippen LogP contribution in [0.15, 0.2) is 34.2 Å². The molecule has 0 spiro atoms. The van der Waals surface area contributed by atoms with Crippen LogP contribution in [0.2, 0.25) is 0 Å². The maximum absolute atomic E-state index is 11.4. The highest BCUT2D eigenvalue weighted by Crippen LogP contribution is 2.47. The average Bonchev–Trinajstić information content (AvgIpc) is 2.83. The van der Waals surface area contributed by atoms with Gasteiger partial charge >= 0.3 is 0 Å². The summed E-state index contributed by atoms with van der Waals surface area (Å²) in [6.45, 7) is 8.04. The van der Waals surface area contributed by atoms with Crippen LogP contribution in [-0.4, -0.2) is 38.6 Å². The number of allylic oxidation sites excluding steroid dienone is 1. The van der Waals surface area contributed by atoms with Gasteiger partial charge in [0.2, 0.25) is 0 Å². The first-order valence-electron chi connectivity index (χ1n) is 7.33. The highest BCUT2D eigenvalue weighted by Gasteiger charge is 2.25. The van der Waals surface area contributed by atoms with Gasteiger partial charge in [-0.3, -0.25) is 4.79 Å². The van der Waals surface area contributed by atoms with Gasteiger partial charge in [-0.1, -0.05) is 11.8 Å². The van der Waals surface area contributed by atoms with E-state index in [0.29, 0.717) is 0 Å². The summed E-state index contributed by atoms with van der Waals surface area (Å²) >= 11 is 1.68. The number of anilines is 2. The lowest BCUT2D eigenvalue weighted by molar-refractivity contribution is -0.112. The summed E-state index contributed by atoms with van der Waals surface area (Å²) in [7, 11) is 0. The van der Waals surface area contributed by atoms with E-state index in [9.17, 15) is 4.79 Å². The van der Waals surface area contributed by atoms with Crippen molar-refractivity contribution in [1.29, 1.82) is 0 Å². The average molecular weight is 304 g/mol. The number of carbonyl (C=O) groups is 1. The number of hydrogen-bond donors (Lipinski definition) is 0. The van der Waals surface area contributed by atoms with Gasteiger partial charge in [0.1, 0.15) is 0 Å². The SMILES string of the molecule is CCN1C(=CC(C)=O)Sc2ccc(N3CCOCC3)cc21. The molecule has 1 aromatic rings. The molecule has 1 saturated heterocycles. The number of ketones is 1. The summed E-state index contributed by atoms with van der Waals surface area (Å²) in [5.74, 6) is 0.0946. The predicted octanol–water partition coefficient (Wildman–Crippen LogP) is 2.89. The van der Waals surface area contributed by atoms with E-state index in [1.54, 1.807) is 24.8 Å². The Hall–Kier alpha value is -1.46. The zero-order valence-electron chi connectivity index (χ0n) is 12.5. The van der Waals surface area contributed by atoms with E-state index in [1.807, 2.05) is 0 Å². The Morgan fingerprint density at radius 3 is 2.81 bits per heavy atom. The first-order chi connectivity index (χ1) is 10.2. The van der Waals surface area contributed by atoms with Gasteiger partial charge in [-0.15, -0.1) is 0 Å². The third-order valence-corrected chi connectivity index (χ3v) is 4.85. The van der Waals surface area contributed by atoms with E-state index in [2.05, 4.69) is 34.9 Å². The summed E-state index contributed by atoms with van der Waals surface area (Å²) in [6.07, 6.45) is 1.72. The first kappa shape index (κ1) is 14.5. The fourth-order valence-corrected chi connectivity index (χ4v) is 3.91. The standard InChI is InChI=1S/C16H20N2O2S/c1-3-18-14-11-13(17-6-8-20-9-7-17)4-5-15(14)21-16(18)10-12(2)19/h4-5,10-11H,3,6-9H2,1-2H3. The van der Waals surface area contributed by atoms with Crippen molar-refractivity contribution in [2.24, 2.45) is 0 Å². The Balaban J connectivity index is 1.91. The molecule has 0 aromatic heterocycles. The predicted molar refractivity (Wildman–Crippen MR) is 87.1 cm³/mol. The maximum Gasteiger partial charge on any atom is 0.155 e. The monoisotopic (exact) mass is 304 g/mol. The summed E-state index contributed by atoms with van der Waals surface area (Å²) < 4.78 is 5.41. The topological polar surface area (TPSA) is 32.8 Å². The Bertz CT molecular complexity index is 580. The lowest BCUT2D eigenvalue weighted by Crippen LogP contribution is -2.36. The molecule has 5 heteroatoms. The highest BCUT2D eigenvalue weighted by atomic mass is 32.2. The van der Waals surface area contributed by atoms with E-state index >= 15 is 0 Å². The molecule has 2 heterocycles. The van der Waals surface area contributed by atoms with Crippen molar-refractivity contribution in [3.05, 3.63) is 29.3 Å². The number of morpholine rings is 1. The molecule has 4 nitrogen and oxygen atoms in total. The molecule has 1 fully saturated rings. The van der Waals surface area contributed by atoms with E-state index in [-0.39, 0.29) is 5.78 Å². The molecule has 0 radical (unpaired) electrons. The number of benzene rings is 1. The van der Waals surface area contributed by atoms with Crippen LogP contribution in [0.4, 0.5) is 11.4 Å². The minimum absolute atomic E-state index is 0.0946. The van der Waals surface area contributed by atoms with Gasteiger partial charge in [0, 0.05) is 36.3 Å². The molecule has 0 amide bonds. The second kappa shape index (κ2) is 6.12. The van der Waals surface area contributed by atoms with Crippen molar-refractivity contribution in [2.75, 3.05) is 42.6 Å². The summed E-state index contributed by atoms with van der Waals surface area (Å²) in [5, 5.41) is 1.03. The Kier molecular flexibility index (Phi) is 4.22. The Labute approximate surface area is 129 Å². The third-order valence-electron chi connectivity index (χ3n) is 3.73. The number of carbonyl (C=O) groups excluding carboxylic acids is 1. The number of ether oxygens (including phenoxy) is 1. The molecule has 1 aromatic carbocycles. The molecule has 0 saturated carbocycles. The minimum Gasteiger partial charge on any atom is -0.378 e. The van der Waals surface area contributed by atoms with Crippen molar-refractivity contribution in [2.45, 2.75) is 18.7 Å². The molecule has 2 aliphatic rings. The largest absolute Gasteiger partial charge is 0.378 e. The van der Waals surface area contributed by atoms with Crippen LogP contribution < -0.4 is 9.80 Å². The van der Waals surface area contributed by atoms with E-state index in [1.165, 1.54) is 16.3 Å². The van der Waals surface area contributed by atoms with Crippen molar-refractivity contribution < 1.29 is 9.53 Å². The zero-order valence-corrected chi connectivity index (χ0v) is 13.3. The van der Waals surface area contributed by atoms with Gasteiger partial charge in [0.25, 0.3) is 0 Å². The quantitative estimate of drug-likeness (QED) is 0.802. The number of thioether (sulfide) groups is 1. The van der Waals surface area contributed by atoms with Gasteiger partial charge in [0.15, 0.2) is 5.78 Å². The number of hydrogen-bond acceptors (Lipinski definition) is 5. The first-order valence-corrected chi connectivity index (χ1v) is 8.15. The van der Waals surface area contributed by atoms with Gasteiger partial charge in [0.05, 0.1) is 23.9 Å². The summed E-state index contributed by atoms with van der Waals surface area (Å²) in [6, 6.07) is 6.56. The second-order valence-electron chi connectivity index (χ2n) is 5.19. The normalized spacial score (nSPS) is 20.0. The second-order valence-corrected chi connectivity index (χ2v) is 6.25. The van der Waals surface area contributed by atoms with E-state index in [0.717, 1.165) is 37.9 Å². The molecule has 0 N–H and O–H groups in total. The van der Waals surface area contributed by atoms with Crippen LogP contribution in [0, 0.1) is 0 Å². The molecule has 112 valence electrons. The maximum atomic E-state index is 11.4. The summed E-state index contributed by atoms with van der Waals surface area (Å²) in [4.78, 5) is 17.2. The zero-order chi connectivity index (χ0) is 14.8. The third kappa shape index (κ3) is 2.94. The molecule has 0 atom stereocenters. The molecule has 21 heavy (non-hydrogen) atoms. The molecule has 0 unspecified atom stereocenters. The van der Waals surface area contributed by atoms with Gasteiger partial charge in [-0.25, -0.2) is 0 Å². The molecular formula is C16H20N2O2S. The molecule has 0 aliphatic carbocycles. The number of fused-ring (bicyclic) bond motifs is 1. The van der Waals surface area contributed by atoms with Crippen molar-refractivity contribution in [1.82, 2.24) is 0 Å². The van der Waals surface area contributed by atoms with Crippen molar-refractivity contribution in [3.63, 3.8) is 0 Å². The van der Waals surface area contributed by atoms with Crippen LogP contribution in [0.1, 0.15) is 13.8 Å². The van der Waals surface area contributed by atoms with E-state index < -0.39 is 0 Å². The van der Waals surface area contributed by atoms with Crippen molar-refractivity contribution >= 4 is 28.9 Å². The van der Waals surface area contributed by atoms with Gasteiger partial charge < -0.3 is 14.5 Å². The molecule has 0 bridgehead atoms. The molecular weight excluding hydrogens is 284 g/mol. The van der Waals surface area contributed by atoms with Crippen LogP contribution in [-0.2, 0) is 9.53 Å². The Morgan fingerprint density at radius 2 is 2.14 bits per heavy atom. The van der Waals surface area contributed by atoms with Gasteiger partial charge in [-0.2, -0.15) is 0 Å². The fourth-order valence-electron chi connectivity index (χ4n) is 2.72. The smallest absolute Gasteiger partial charge is 0.155 e. The van der Waals surface area contributed by atoms with Crippen molar-refractivity contribution in [3.8, 4) is 0 Å². The van der Waals surface area contributed by atoms with Crippen LogP contribution in [0.5, 0.6) is 0 Å². The highest BCUT2D eigenvalue weighted by molar-refractivity contribution is 8.03. The molecule has 2 aliphatic heterocycles. The minimum atomic E-state index is 0.0946. The van der Waals surface area contributed by atoms with E-state index in [4.69, 9.17) is 4.74 Å². The molecule has 3 rings (SSSR count).